The summed E-state index contributed by atoms with van der Waals surface area (Å²) in [7, 11) is 2.24. The highest BCUT2D eigenvalue weighted by molar-refractivity contribution is 9.10. The van der Waals surface area contributed by atoms with E-state index in [-0.39, 0.29) is 0 Å². The summed E-state index contributed by atoms with van der Waals surface area (Å²) in [6.45, 7) is 7.49. The number of halogens is 1. The van der Waals surface area contributed by atoms with Gasteiger partial charge in [0.05, 0.1) is 22.4 Å². The second-order valence-electron chi connectivity index (χ2n) is 5.26. The molecule has 0 spiro atoms. The number of aromatic nitrogens is 2. The van der Waals surface area contributed by atoms with Crippen molar-refractivity contribution in [1.29, 1.82) is 0 Å². The van der Waals surface area contributed by atoms with E-state index in [1.165, 1.54) is 17.2 Å². The summed E-state index contributed by atoms with van der Waals surface area (Å²) in [5.74, 6) is 2.42. The van der Waals surface area contributed by atoms with Crippen LogP contribution in [0.25, 0.3) is 0 Å². The van der Waals surface area contributed by atoms with Gasteiger partial charge in [0.1, 0.15) is 0 Å². The van der Waals surface area contributed by atoms with E-state index in [2.05, 4.69) is 68.6 Å². The van der Waals surface area contributed by atoms with Gasteiger partial charge in [0.25, 0.3) is 0 Å². The highest BCUT2D eigenvalue weighted by Gasteiger charge is 2.32. The predicted molar refractivity (Wildman–Crippen MR) is 90.4 cm³/mol. The third-order valence-corrected chi connectivity index (χ3v) is 5.47. The molecule has 1 aliphatic heterocycles. The van der Waals surface area contributed by atoms with Crippen LogP contribution < -0.4 is 5.32 Å². The van der Waals surface area contributed by atoms with Crippen LogP contribution >= 0.6 is 27.7 Å². The summed E-state index contributed by atoms with van der Waals surface area (Å²) in [5.41, 5.74) is 1.30. The molecule has 1 fully saturated rings. The molecule has 1 aromatic rings. The minimum absolute atomic E-state index is 0.334. The molecule has 1 aromatic heterocycles. The van der Waals surface area contributed by atoms with E-state index in [4.69, 9.17) is 0 Å². The quantitative estimate of drug-likeness (QED) is 0.845. The van der Waals surface area contributed by atoms with E-state index in [0.29, 0.717) is 12.1 Å². The summed E-state index contributed by atoms with van der Waals surface area (Å²) in [4.78, 5) is 2.49. The van der Waals surface area contributed by atoms with Crippen LogP contribution in [0.1, 0.15) is 32.0 Å². The molecule has 20 heavy (non-hydrogen) atoms. The molecule has 6 heteroatoms. The zero-order valence-electron chi connectivity index (χ0n) is 12.6. The van der Waals surface area contributed by atoms with Gasteiger partial charge in [0.2, 0.25) is 0 Å². The molecule has 0 radical (unpaired) electrons. The van der Waals surface area contributed by atoms with Crippen LogP contribution in [0.15, 0.2) is 10.7 Å². The maximum atomic E-state index is 4.53. The number of likely N-dealkylation sites (N-methyl/N-ethyl adjacent to an activating group) is 2. The van der Waals surface area contributed by atoms with E-state index in [1.54, 1.807) is 0 Å². The van der Waals surface area contributed by atoms with E-state index >= 15 is 0 Å². The molecule has 2 rings (SSSR count). The van der Waals surface area contributed by atoms with Crippen molar-refractivity contribution in [3.63, 3.8) is 0 Å². The van der Waals surface area contributed by atoms with Gasteiger partial charge in [-0.15, -0.1) is 0 Å². The van der Waals surface area contributed by atoms with E-state index in [9.17, 15) is 0 Å². The van der Waals surface area contributed by atoms with Gasteiger partial charge in [0, 0.05) is 30.6 Å². The lowest BCUT2D eigenvalue weighted by Crippen LogP contribution is -2.48. The SMILES string of the molecule is CCCn1ncc(Br)c1C(NCC)C1CSCCN1C. The summed E-state index contributed by atoms with van der Waals surface area (Å²) >= 11 is 5.75. The molecule has 0 saturated carbocycles. The number of aryl methyl sites for hydroxylation is 1. The average Bonchev–Trinajstić information content (AvgIpc) is 2.79. The van der Waals surface area contributed by atoms with Crippen LogP contribution in [0, 0.1) is 0 Å². The molecule has 2 atom stereocenters. The van der Waals surface area contributed by atoms with Crippen molar-refractivity contribution in [2.75, 3.05) is 31.6 Å². The number of hydrogen-bond acceptors (Lipinski definition) is 4. The number of rotatable bonds is 6. The molecule has 1 saturated heterocycles. The molecule has 0 aromatic carbocycles. The summed E-state index contributed by atoms with van der Waals surface area (Å²) in [5, 5.41) is 8.21. The number of nitrogens with zero attached hydrogens (tertiary/aromatic N) is 3. The maximum absolute atomic E-state index is 4.53. The molecule has 0 bridgehead atoms. The van der Waals surface area contributed by atoms with Crippen LogP contribution in [0.4, 0.5) is 0 Å². The fraction of sp³-hybridized carbons (Fsp3) is 0.786. The lowest BCUT2D eigenvalue weighted by Gasteiger charge is -2.38. The van der Waals surface area contributed by atoms with Gasteiger partial charge >= 0.3 is 0 Å². The highest BCUT2D eigenvalue weighted by Crippen LogP contribution is 2.31. The molecular formula is C14H25BrN4S. The molecular weight excluding hydrogens is 336 g/mol. The van der Waals surface area contributed by atoms with Gasteiger partial charge in [-0.25, -0.2) is 0 Å². The third-order valence-electron chi connectivity index (χ3n) is 3.82. The zero-order chi connectivity index (χ0) is 14.5. The minimum atomic E-state index is 0.334. The Kier molecular flexibility index (Phi) is 6.39. The van der Waals surface area contributed by atoms with Gasteiger partial charge in [-0.05, 0) is 35.9 Å². The third kappa shape index (κ3) is 3.59. The predicted octanol–water partition coefficient (Wildman–Crippen LogP) is 2.75. The largest absolute Gasteiger partial charge is 0.308 e. The Labute approximate surface area is 134 Å². The first-order valence-corrected chi connectivity index (χ1v) is 9.36. The first-order valence-electron chi connectivity index (χ1n) is 7.41. The smallest absolute Gasteiger partial charge is 0.0712 e. The fourth-order valence-corrected chi connectivity index (χ4v) is 4.58. The molecule has 1 aliphatic rings. The second kappa shape index (κ2) is 7.82. The van der Waals surface area contributed by atoms with Crippen LogP contribution in [0.3, 0.4) is 0 Å². The van der Waals surface area contributed by atoms with Gasteiger partial charge < -0.3 is 5.32 Å². The molecule has 0 aliphatic carbocycles. The Bertz CT molecular complexity index is 423. The fourth-order valence-electron chi connectivity index (χ4n) is 2.76. The van der Waals surface area contributed by atoms with Crippen LogP contribution in [-0.2, 0) is 6.54 Å². The summed E-state index contributed by atoms with van der Waals surface area (Å²) in [6, 6.07) is 0.860. The first-order chi connectivity index (χ1) is 9.69. The molecule has 114 valence electrons. The Balaban J connectivity index is 2.29. The van der Waals surface area contributed by atoms with Crippen LogP contribution in [-0.4, -0.2) is 52.4 Å². The van der Waals surface area contributed by atoms with Crippen LogP contribution in [0.5, 0.6) is 0 Å². The monoisotopic (exact) mass is 360 g/mol. The van der Waals surface area contributed by atoms with E-state index in [1.807, 2.05) is 6.20 Å². The summed E-state index contributed by atoms with van der Waals surface area (Å²) < 4.78 is 3.28. The number of nitrogens with one attached hydrogen (secondary N) is 1. The van der Waals surface area contributed by atoms with Crippen molar-refractivity contribution < 1.29 is 0 Å². The summed E-state index contributed by atoms with van der Waals surface area (Å²) in [6.07, 6.45) is 3.04. The lowest BCUT2D eigenvalue weighted by molar-refractivity contribution is 0.210. The number of thioether (sulfide) groups is 1. The Morgan fingerprint density at radius 2 is 2.35 bits per heavy atom. The minimum Gasteiger partial charge on any atom is -0.308 e. The lowest BCUT2D eigenvalue weighted by atomic mass is 10.0. The number of hydrogen-bond donors (Lipinski definition) is 1. The van der Waals surface area contributed by atoms with Crippen molar-refractivity contribution in [3.05, 3.63) is 16.4 Å². The van der Waals surface area contributed by atoms with Crippen LogP contribution in [0.2, 0.25) is 0 Å². The Morgan fingerprint density at radius 1 is 1.55 bits per heavy atom. The first kappa shape index (κ1) is 16.3. The van der Waals surface area contributed by atoms with E-state index in [0.717, 1.165) is 30.5 Å². The van der Waals surface area contributed by atoms with Crippen molar-refractivity contribution in [2.24, 2.45) is 0 Å². The average molecular weight is 361 g/mol. The van der Waals surface area contributed by atoms with Gasteiger partial charge in [0.15, 0.2) is 0 Å². The Hall–Kier alpha value is -0.0400. The molecule has 0 amide bonds. The van der Waals surface area contributed by atoms with E-state index < -0.39 is 0 Å². The molecule has 1 N–H and O–H groups in total. The zero-order valence-corrected chi connectivity index (χ0v) is 15.0. The highest BCUT2D eigenvalue weighted by atomic mass is 79.9. The molecule has 4 nitrogen and oxygen atoms in total. The van der Waals surface area contributed by atoms with Crippen molar-refractivity contribution in [1.82, 2.24) is 20.0 Å². The second-order valence-corrected chi connectivity index (χ2v) is 7.26. The topological polar surface area (TPSA) is 33.1 Å². The van der Waals surface area contributed by atoms with Gasteiger partial charge in [-0.1, -0.05) is 13.8 Å². The van der Waals surface area contributed by atoms with Crippen molar-refractivity contribution >= 4 is 27.7 Å². The molecule has 2 heterocycles. The Morgan fingerprint density at radius 3 is 3.00 bits per heavy atom. The van der Waals surface area contributed by atoms with Gasteiger partial charge in [-0.2, -0.15) is 16.9 Å². The van der Waals surface area contributed by atoms with Crippen molar-refractivity contribution in [3.8, 4) is 0 Å². The molecule has 2 unspecified atom stereocenters. The van der Waals surface area contributed by atoms with Crippen molar-refractivity contribution in [2.45, 2.75) is 38.9 Å². The normalized spacial score (nSPS) is 22.1. The standard InChI is InChI=1S/C14H25BrN4S/c1-4-6-19-14(11(15)9-17-19)13(16-5-2)12-10-20-8-7-18(12)3/h9,12-13,16H,4-8,10H2,1-3H3. The van der Waals surface area contributed by atoms with Gasteiger partial charge in [-0.3, -0.25) is 9.58 Å². The maximum Gasteiger partial charge on any atom is 0.0712 e.